The van der Waals surface area contributed by atoms with Gasteiger partial charge in [-0.25, -0.2) is 0 Å². The van der Waals surface area contributed by atoms with E-state index < -0.39 is 0 Å². The fourth-order valence-electron chi connectivity index (χ4n) is 2.65. The molecule has 1 amide bonds. The van der Waals surface area contributed by atoms with Gasteiger partial charge in [0.05, 0.1) is 0 Å². The lowest BCUT2D eigenvalue weighted by Crippen LogP contribution is -2.40. The molecule has 1 saturated heterocycles. The lowest BCUT2D eigenvalue weighted by molar-refractivity contribution is 0.0690. The minimum absolute atomic E-state index is 0.131. The maximum absolute atomic E-state index is 12.5. The third-order valence-electron chi connectivity index (χ3n) is 3.99. The summed E-state index contributed by atoms with van der Waals surface area (Å²) in [6.45, 7) is 7.86. The van der Waals surface area contributed by atoms with Crippen LogP contribution in [0.4, 0.5) is 0 Å². The van der Waals surface area contributed by atoms with E-state index >= 15 is 0 Å². The van der Waals surface area contributed by atoms with Crippen LogP contribution >= 0.6 is 11.6 Å². The second-order valence-electron chi connectivity index (χ2n) is 5.51. The van der Waals surface area contributed by atoms with E-state index in [2.05, 4.69) is 12.2 Å². The highest BCUT2D eigenvalue weighted by Gasteiger charge is 2.23. The quantitative estimate of drug-likeness (QED) is 0.925. The van der Waals surface area contributed by atoms with E-state index in [4.69, 9.17) is 11.6 Å². The van der Waals surface area contributed by atoms with Crippen LogP contribution in [0, 0.1) is 12.8 Å². The number of carbonyl (C=O) groups excluding carboxylic acids is 1. The normalized spacial score (nSPS) is 16.4. The first kappa shape index (κ1) is 15.3. The number of nitrogens with one attached hydrogen (secondary N) is 1. The van der Waals surface area contributed by atoms with Gasteiger partial charge in [0.25, 0.3) is 5.91 Å². The van der Waals surface area contributed by atoms with Crippen molar-refractivity contribution < 1.29 is 4.79 Å². The van der Waals surface area contributed by atoms with Gasteiger partial charge in [-0.15, -0.1) is 0 Å². The first-order chi connectivity index (χ1) is 9.61. The SMILES string of the molecule is CCNCC1CCN(C(=O)c2ccc(Cl)c(C)c2)CC1. The zero-order chi connectivity index (χ0) is 14.5. The summed E-state index contributed by atoms with van der Waals surface area (Å²) in [5.41, 5.74) is 1.71. The summed E-state index contributed by atoms with van der Waals surface area (Å²) < 4.78 is 0. The van der Waals surface area contributed by atoms with Gasteiger partial charge in [-0.05, 0) is 62.5 Å². The van der Waals surface area contributed by atoms with Crippen LogP contribution in [0.5, 0.6) is 0 Å². The molecule has 0 bridgehead atoms. The van der Waals surface area contributed by atoms with Gasteiger partial charge >= 0.3 is 0 Å². The minimum Gasteiger partial charge on any atom is -0.339 e. The van der Waals surface area contributed by atoms with Crippen LogP contribution in [-0.2, 0) is 0 Å². The summed E-state index contributed by atoms with van der Waals surface area (Å²) in [5, 5.41) is 4.10. The van der Waals surface area contributed by atoms with Crippen LogP contribution in [0.3, 0.4) is 0 Å². The molecule has 1 aromatic carbocycles. The Bertz CT molecular complexity index is 468. The molecule has 0 aromatic heterocycles. The smallest absolute Gasteiger partial charge is 0.253 e. The van der Waals surface area contributed by atoms with E-state index in [1.807, 2.05) is 30.0 Å². The van der Waals surface area contributed by atoms with Crippen LogP contribution in [0.1, 0.15) is 35.7 Å². The maximum atomic E-state index is 12.5. The predicted molar refractivity (Wildman–Crippen MR) is 83.4 cm³/mol. The van der Waals surface area contributed by atoms with Crippen molar-refractivity contribution in [3.63, 3.8) is 0 Å². The maximum Gasteiger partial charge on any atom is 0.253 e. The van der Waals surface area contributed by atoms with Gasteiger partial charge in [0.1, 0.15) is 0 Å². The molecule has 1 aliphatic heterocycles. The minimum atomic E-state index is 0.131. The molecule has 1 aliphatic rings. The number of hydrogen-bond acceptors (Lipinski definition) is 2. The van der Waals surface area contributed by atoms with Gasteiger partial charge in [0, 0.05) is 23.7 Å². The molecule has 1 fully saturated rings. The van der Waals surface area contributed by atoms with Crippen LogP contribution in [0.25, 0.3) is 0 Å². The molecule has 110 valence electrons. The van der Waals surface area contributed by atoms with E-state index in [1.54, 1.807) is 0 Å². The van der Waals surface area contributed by atoms with Crippen molar-refractivity contribution in [2.24, 2.45) is 5.92 Å². The predicted octanol–water partition coefficient (Wildman–Crippen LogP) is 3.11. The fraction of sp³-hybridized carbons (Fsp3) is 0.562. The first-order valence-electron chi connectivity index (χ1n) is 7.38. The number of amides is 1. The highest BCUT2D eigenvalue weighted by atomic mass is 35.5. The summed E-state index contributed by atoms with van der Waals surface area (Å²) in [5.74, 6) is 0.831. The number of carbonyl (C=O) groups is 1. The Labute approximate surface area is 126 Å². The molecule has 0 aliphatic carbocycles. The third-order valence-corrected chi connectivity index (χ3v) is 4.41. The Morgan fingerprint density at radius 3 is 2.70 bits per heavy atom. The molecule has 20 heavy (non-hydrogen) atoms. The van der Waals surface area contributed by atoms with Crippen LogP contribution in [-0.4, -0.2) is 37.0 Å². The molecule has 0 atom stereocenters. The Morgan fingerprint density at radius 2 is 2.10 bits per heavy atom. The van der Waals surface area contributed by atoms with Crippen molar-refractivity contribution >= 4 is 17.5 Å². The summed E-state index contributed by atoms with van der Waals surface area (Å²) in [7, 11) is 0. The van der Waals surface area contributed by atoms with E-state index in [0.717, 1.165) is 50.1 Å². The number of aryl methyl sites for hydroxylation is 1. The monoisotopic (exact) mass is 294 g/mol. The molecular formula is C16H23ClN2O. The molecule has 0 saturated carbocycles. The molecule has 1 N–H and O–H groups in total. The Kier molecular flexibility index (Phi) is 5.44. The first-order valence-corrected chi connectivity index (χ1v) is 7.75. The van der Waals surface area contributed by atoms with Crippen LogP contribution < -0.4 is 5.32 Å². The second-order valence-corrected chi connectivity index (χ2v) is 5.91. The number of rotatable bonds is 4. The van der Waals surface area contributed by atoms with E-state index in [1.165, 1.54) is 0 Å². The van der Waals surface area contributed by atoms with Crippen LogP contribution in [0.15, 0.2) is 18.2 Å². The highest BCUT2D eigenvalue weighted by molar-refractivity contribution is 6.31. The van der Waals surface area contributed by atoms with E-state index in [-0.39, 0.29) is 5.91 Å². The van der Waals surface area contributed by atoms with Gasteiger partial charge in [-0.1, -0.05) is 18.5 Å². The van der Waals surface area contributed by atoms with Crippen molar-refractivity contribution in [2.45, 2.75) is 26.7 Å². The summed E-state index contributed by atoms with van der Waals surface area (Å²) in [6, 6.07) is 5.51. The molecule has 0 radical (unpaired) electrons. The summed E-state index contributed by atoms with van der Waals surface area (Å²) in [4.78, 5) is 14.4. The average Bonchev–Trinajstić information content (AvgIpc) is 2.48. The van der Waals surface area contributed by atoms with Gasteiger partial charge in [-0.3, -0.25) is 4.79 Å². The van der Waals surface area contributed by atoms with Crippen molar-refractivity contribution in [1.82, 2.24) is 10.2 Å². The number of hydrogen-bond donors (Lipinski definition) is 1. The van der Waals surface area contributed by atoms with E-state index in [0.29, 0.717) is 10.9 Å². The molecule has 0 unspecified atom stereocenters. The standard InChI is InChI=1S/C16H23ClN2O/c1-3-18-11-13-6-8-19(9-7-13)16(20)14-4-5-15(17)12(2)10-14/h4-5,10,13,18H,3,6-9,11H2,1-2H3. The Morgan fingerprint density at radius 1 is 1.40 bits per heavy atom. The number of nitrogens with zero attached hydrogens (tertiary/aromatic N) is 1. The molecular weight excluding hydrogens is 272 g/mol. The van der Waals surface area contributed by atoms with E-state index in [9.17, 15) is 4.79 Å². The van der Waals surface area contributed by atoms with Crippen molar-refractivity contribution in [1.29, 1.82) is 0 Å². The Balaban J connectivity index is 1.92. The fourth-order valence-corrected chi connectivity index (χ4v) is 2.77. The van der Waals surface area contributed by atoms with Gasteiger partial charge in [-0.2, -0.15) is 0 Å². The molecule has 1 aromatic rings. The lowest BCUT2D eigenvalue weighted by atomic mass is 9.96. The molecule has 1 heterocycles. The van der Waals surface area contributed by atoms with Crippen molar-refractivity contribution in [3.8, 4) is 0 Å². The summed E-state index contributed by atoms with van der Waals surface area (Å²) >= 11 is 6.01. The molecule has 3 nitrogen and oxygen atoms in total. The van der Waals surface area contributed by atoms with Gasteiger partial charge in [0.2, 0.25) is 0 Å². The largest absolute Gasteiger partial charge is 0.339 e. The number of piperidine rings is 1. The average molecular weight is 295 g/mol. The number of likely N-dealkylation sites (tertiary alicyclic amines) is 1. The molecule has 2 rings (SSSR count). The Hall–Kier alpha value is -1.06. The molecule has 4 heteroatoms. The zero-order valence-corrected chi connectivity index (χ0v) is 13.0. The van der Waals surface area contributed by atoms with Crippen LogP contribution in [0.2, 0.25) is 5.02 Å². The number of benzene rings is 1. The number of halogens is 1. The van der Waals surface area contributed by atoms with Gasteiger partial charge < -0.3 is 10.2 Å². The highest BCUT2D eigenvalue weighted by Crippen LogP contribution is 2.21. The zero-order valence-electron chi connectivity index (χ0n) is 12.3. The third kappa shape index (κ3) is 3.74. The molecule has 0 spiro atoms. The van der Waals surface area contributed by atoms with Crippen molar-refractivity contribution in [3.05, 3.63) is 34.3 Å². The second kappa shape index (κ2) is 7.09. The van der Waals surface area contributed by atoms with Gasteiger partial charge in [0.15, 0.2) is 0 Å². The topological polar surface area (TPSA) is 32.3 Å². The van der Waals surface area contributed by atoms with Crippen molar-refractivity contribution in [2.75, 3.05) is 26.2 Å². The summed E-state index contributed by atoms with van der Waals surface area (Å²) in [6.07, 6.45) is 2.18. The lowest BCUT2D eigenvalue weighted by Gasteiger charge is -2.32.